The highest BCUT2D eigenvalue weighted by Gasteiger charge is 2.28. The number of rotatable bonds is 8. The van der Waals surface area contributed by atoms with Crippen LogP contribution in [0.15, 0.2) is 54.6 Å². The largest absolute Gasteiger partial charge is 0.489 e. The third kappa shape index (κ3) is 5.12. The van der Waals surface area contributed by atoms with Crippen molar-refractivity contribution < 1.29 is 19.7 Å². The smallest absolute Gasteiger partial charge is 0.309 e. The summed E-state index contributed by atoms with van der Waals surface area (Å²) in [7, 11) is 0. The van der Waals surface area contributed by atoms with E-state index in [1.54, 1.807) is 24.3 Å². The van der Waals surface area contributed by atoms with E-state index in [0.717, 1.165) is 22.2 Å². The molecule has 152 valence electrons. The van der Waals surface area contributed by atoms with Crippen molar-refractivity contribution in [1.29, 1.82) is 0 Å². The quantitative estimate of drug-likeness (QED) is 0.569. The average Bonchev–Trinajstić information content (AvgIpc) is 2.69. The topological polar surface area (TPSA) is 79.7 Å². The number of aryl methyl sites for hydroxylation is 1. The Hall–Kier alpha value is -2.92. The second-order valence-corrected chi connectivity index (χ2v) is 7.82. The predicted octanol–water partition coefficient (Wildman–Crippen LogP) is 4.90. The normalized spacial score (nSPS) is 13.4. The zero-order valence-corrected chi connectivity index (χ0v) is 17.0. The van der Waals surface area contributed by atoms with Gasteiger partial charge in [-0.15, -0.1) is 0 Å². The lowest BCUT2D eigenvalue weighted by molar-refractivity contribution is -0.146. The van der Waals surface area contributed by atoms with E-state index in [1.165, 1.54) is 0 Å². The number of aliphatic hydroxyl groups excluding tert-OH is 1. The fourth-order valence-corrected chi connectivity index (χ4v) is 3.54. The van der Waals surface area contributed by atoms with Gasteiger partial charge in [-0.1, -0.05) is 44.2 Å². The first-order valence-corrected chi connectivity index (χ1v) is 9.84. The van der Waals surface area contributed by atoms with Crippen LogP contribution in [-0.2, 0) is 11.4 Å². The Morgan fingerprint density at radius 3 is 2.45 bits per heavy atom. The van der Waals surface area contributed by atoms with Gasteiger partial charge < -0.3 is 14.9 Å². The molecule has 0 aliphatic rings. The molecule has 2 aromatic carbocycles. The first kappa shape index (κ1) is 20.8. The van der Waals surface area contributed by atoms with Crippen LogP contribution in [0, 0.1) is 18.8 Å². The van der Waals surface area contributed by atoms with Gasteiger partial charge in [0.2, 0.25) is 0 Å². The molecule has 0 spiro atoms. The van der Waals surface area contributed by atoms with Gasteiger partial charge in [-0.3, -0.25) is 9.78 Å². The molecule has 2 unspecified atom stereocenters. The second kappa shape index (κ2) is 9.05. The van der Waals surface area contributed by atoms with E-state index >= 15 is 0 Å². The molecule has 0 radical (unpaired) electrons. The standard InChI is InChI=1S/C24H27NO4/c1-15(2)12-21(24(27)28)23(26)17-8-10-19(11-9-17)29-14-18-13-16(3)25-22-7-5-4-6-20(18)22/h4-11,13,15,21,23,26H,12,14H2,1-3H3,(H,27,28). The van der Waals surface area contributed by atoms with Crippen molar-refractivity contribution in [2.24, 2.45) is 11.8 Å². The van der Waals surface area contributed by atoms with E-state index in [9.17, 15) is 15.0 Å². The third-order valence-electron chi connectivity index (χ3n) is 4.97. The van der Waals surface area contributed by atoms with E-state index in [1.807, 2.05) is 51.1 Å². The number of aliphatic carboxylic acids is 1. The SMILES string of the molecule is Cc1cc(COc2ccc(C(O)C(CC(C)C)C(=O)O)cc2)c2ccccc2n1. The maximum Gasteiger partial charge on any atom is 0.309 e. The summed E-state index contributed by atoms with van der Waals surface area (Å²) in [5.74, 6) is -0.957. The van der Waals surface area contributed by atoms with Crippen LogP contribution < -0.4 is 4.74 Å². The molecule has 0 saturated carbocycles. The Balaban J connectivity index is 1.72. The summed E-state index contributed by atoms with van der Waals surface area (Å²) < 4.78 is 5.94. The Morgan fingerprint density at radius 1 is 1.10 bits per heavy atom. The minimum absolute atomic E-state index is 0.187. The van der Waals surface area contributed by atoms with Crippen LogP contribution >= 0.6 is 0 Å². The first-order chi connectivity index (χ1) is 13.8. The number of benzene rings is 2. The predicted molar refractivity (Wildman–Crippen MR) is 113 cm³/mol. The number of carboxylic acids is 1. The highest BCUT2D eigenvalue weighted by molar-refractivity contribution is 5.82. The number of hydrogen-bond donors (Lipinski definition) is 2. The number of carbonyl (C=O) groups is 1. The van der Waals surface area contributed by atoms with Crippen molar-refractivity contribution in [3.05, 3.63) is 71.4 Å². The van der Waals surface area contributed by atoms with Crippen LogP contribution in [0.25, 0.3) is 10.9 Å². The lowest BCUT2D eigenvalue weighted by Crippen LogP contribution is -2.23. The zero-order valence-electron chi connectivity index (χ0n) is 17.0. The average molecular weight is 393 g/mol. The number of pyridine rings is 1. The molecule has 0 bridgehead atoms. The third-order valence-corrected chi connectivity index (χ3v) is 4.97. The summed E-state index contributed by atoms with van der Waals surface area (Å²) in [6, 6.07) is 17.0. The van der Waals surface area contributed by atoms with E-state index < -0.39 is 18.0 Å². The summed E-state index contributed by atoms with van der Waals surface area (Å²) >= 11 is 0. The van der Waals surface area contributed by atoms with E-state index in [2.05, 4.69) is 4.98 Å². The van der Waals surface area contributed by atoms with Gasteiger partial charge in [0.05, 0.1) is 17.5 Å². The fourth-order valence-electron chi connectivity index (χ4n) is 3.54. The molecule has 5 heteroatoms. The van der Waals surface area contributed by atoms with Gasteiger partial charge in [0.15, 0.2) is 0 Å². The number of fused-ring (bicyclic) bond motifs is 1. The molecule has 0 aliphatic heterocycles. The molecule has 29 heavy (non-hydrogen) atoms. The Morgan fingerprint density at radius 2 is 1.79 bits per heavy atom. The number of aromatic nitrogens is 1. The molecule has 3 aromatic rings. The summed E-state index contributed by atoms with van der Waals surface area (Å²) in [6.45, 7) is 6.26. The molecule has 0 fully saturated rings. The monoisotopic (exact) mass is 393 g/mol. The number of ether oxygens (including phenoxy) is 1. The van der Waals surface area contributed by atoms with Crippen molar-refractivity contribution in [2.75, 3.05) is 0 Å². The van der Waals surface area contributed by atoms with Crippen molar-refractivity contribution in [2.45, 2.75) is 39.9 Å². The van der Waals surface area contributed by atoms with Gasteiger partial charge in [0.25, 0.3) is 0 Å². The van der Waals surface area contributed by atoms with Gasteiger partial charge in [0.1, 0.15) is 12.4 Å². The van der Waals surface area contributed by atoms with Crippen LogP contribution in [0.5, 0.6) is 5.75 Å². The number of nitrogens with zero attached hydrogens (tertiary/aromatic N) is 1. The number of carboxylic acid groups (broad SMARTS) is 1. The lowest BCUT2D eigenvalue weighted by Gasteiger charge is -2.21. The van der Waals surface area contributed by atoms with Crippen molar-refractivity contribution in [1.82, 2.24) is 4.98 Å². The number of para-hydroxylation sites is 1. The van der Waals surface area contributed by atoms with Crippen LogP contribution in [0.1, 0.15) is 43.2 Å². The molecular weight excluding hydrogens is 366 g/mol. The fraction of sp³-hybridized carbons (Fsp3) is 0.333. The summed E-state index contributed by atoms with van der Waals surface area (Å²) in [5.41, 5.74) is 3.51. The number of aliphatic hydroxyl groups is 1. The number of hydrogen-bond acceptors (Lipinski definition) is 4. The van der Waals surface area contributed by atoms with Crippen molar-refractivity contribution in [3.63, 3.8) is 0 Å². The van der Waals surface area contributed by atoms with E-state index in [0.29, 0.717) is 24.3 Å². The molecule has 0 saturated heterocycles. The van der Waals surface area contributed by atoms with Gasteiger partial charge in [-0.05, 0) is 49.1 Å². The maximum atomic E-state index is 11.5. The summed E-state index contributed by atoms with van der Waals surface area (Å²) in [6.07, 6.45) is -0.626. The van der Waals surface area contributed by atoms with Gasteiger partial charge >= 0.3 is 5.97 Å². The van der Waals surface area contributed by atoms with Gasteiger partial charge in [0, 0.05) is 16.6 Å². The van der Waals surface area contributed by atoms with E-state index in [4.69, 9.17) is 4.74 Å². The van der Waals surface area contributed by atoms with Crippen molar-refractivity contribution >= 4 is 16.9 Å². The van der Waals surface area contributed by atoms with E-state index in [-0.39, 0.29) is 5.92 Å². The Labute approximate surface area is 171 Å². The van der Waals surface area contributed by atoms with Crippen LogP contribution in [0.2, 0.25) is 0 Å². The maximum absolute atomic E-state index is 11.5. The molecule has 5 nitrogen and oxygen atoms in total. The van der Waals surface area contributed by atoms with Gasteiger partial charge in [-0.2, -0.15) is 0 Å². The molecule has 0 aliphatic carbocycles. The first-order valence-electron chi connectivity index (χ1n) is 9.84. The molecule has 2 N–H and O–H groups in total. The molecule has 2 atom stereocenters. The van der Waals surface area contributed by atoms with Crippen LogP contribution in [-0.4, -0.2) is 21.2 Å². The minimum Gasteiger partial charge on any atom is -0.489 e. The molecule has 1 heterocycles. The Kier molecular flexibility index (Phi) is 6.49. The second-order valence-electron chi connectivity index (χ2n) is 7.82. The summed E-state index contributed by atoms with van der Waals surface area (Å²) in [4.78, 5) is 16.1. The molecule has 3 rings (SSSR count). The van der Waals surface area contributed by atoms with Crippen molar-refractivity contribution in [3.8, 4) is 5.75 Å². The zero-order chi connectivity index (χ0) is 21.0. The molecular formula is C24H27NO4. The van der Waals surface area contributed by atoms with Gasteiger partial charge in [-0.25, -0.2) is 0 Å². The molecule has 0 amide bonds. The molecule has 1 aromatic heterocycles. The minimum atomic E-state index is -1.05. The lowest BCUT2D eigenvalue weighted by atomic mass is 9.88. The highest BCUT2D eigenvalue weighted by Crippen LogP contribution is 2.29. The summed E-state index contributed by atoms with van der Waals surface area (Å²) in [5, 5.41) is 21.0. The Bertz CT molecular complexity index is 982. The highest BCUT2D eigenvalue weighted by atomic mass is 16.5. The van der Waals surface area contributed by atoms with Crippen LogP contribution in [0.3, 0.4) is 0 Å². The van der Waals surface area contributed by atoms with Crippen LogP contribution in [0.4, 0.5) is 0 Å².